The van der Waals surface area contributed by atoms with Crippen LogP contribution in [0, 0.1) is 69.2 Å². The average Bonchev–Trinajstić information content (AvgIpc) is 1.05. The summed E-state index contributed by atoms with van der Waals surface area (Å²) in [5, 5.41) is 23.9. The lowest BCUT2D eigenvalue weighted by Crippen LogP contribution is -2.37. The highest BCUT2D eigenvalue weighted by Crippen LogP contribution is 2.23. The number of para-hydroxylation sites is 5. The zero-order chi connectivity index (χ0) is 66.4. The molecule has 0 bridgehead atoms. The molecule has 0 atom stereocenters. The molecule has 0 spiro atoms. The molecule has 0 aliphatic heterocycles. The van der Waals surface area contributed by atoms with E-state index in [2.05, 4.69) is 60.0 Å². The minimum atomic E-state index is -0.0392. The quantitative estimate of drug-likeness (QED) is 0.0222. The van der Waals surface area contributed by atoms with Gasteiger partial charge in [0.15, 0.2) is 0 Å². The van der Waals surface area contributed by atoms with Crippen LogP contribution in [0.2, 0.25) is 0 Å². The molecule has 0 aliphatic carbocycles. The van der Waals surface area contributed by atoms with Gasteiger partial charge in [-0.25, -0.2) is 0 Å². The molecule has 5 aromatic carbocycles. The van der Waals surface area contributed by atoms with Crippen LogP contribution in [-0.2, 0) is 33.4 Å². The van der Waals surface area contributed by atoms with Crippen molar-refractivity contribution in [3.63, 3.8) is 0 Å². The summed E-state index contributed by atoms with van der Waals surface area (Å²) in [4.78, 5) is 71.2. The first-order valence-corrected chi connectivity index (χ1v) is 31.6. The lowest BCUT2D eigenvalue weighted by atomic mass is 10.1. The number of nitrogens with one attached hydrogen (secondary N) is 5. The number of carbonyl (C=O) groups is 5. The van der Waals surface area contributed by atoms with Crippen molar-refractivity contribution in [3.05, 3.63) is 147 Å². The van der Waals surface area contributed by atoms with E-state index in [4.69, 9.17) is 14.6 Å². The molecule has 18 nitrogen and oxygen atoms in total. The minimum absolute atomic E-state index is 0. The predicted octanol–water partition coefficient (Wildman–Crippen LogP) is 12.4. The molecule has 0 aliphatic rings. The summed E-state index contributed by atoms with van der Waals surface area (Å²) in [6.45, 7) is 43.4. The molecule has 0 aromatic heterocycles. The Morgan fingerprint density at radius 1 is 0.326 bits per heavy atom. The van der Waals surface area contributed by atoms with Gasteiger partial charge in [0, 0.05) is 61.7 Å². The molecule has 516 valence electrons. The number of methoxy groups -OCH3 is 1. The summed E-state index contributed by atoms with van der Waals surface area (Å²) in [6, 6.07) is 30.0. The summed E-state index contributed by atoms with van der Waals surface area (Å²) in [5.74, 6) is 0.0109. The van der Waals surface area contributed by atoms with Gasteiger partial charge in [0.05, 0.1) is 59.2 Å². The largest absolute Gasteiger partial charge is 0.395 e. The van der Waals surface area contributed by atoms with Gasteiger partial charge in [-0.15, -0.1) is 0 Å². The van der Waals surface area contributed by atoms with Gasteiger partial charge < -0.3 is 41.2 Å². The lowest BCUT2D eigenvalue weighted by molar-refractivity contribution is -0.118. The van der Waals surface area contributed by atoms with E-state index in [-0.39, 0.29) is 58.4 Å². The van der Waals surface area contributed by atoms with E-state index in [0.717, 1.165) is 130 Å². The highest BCUT2D eigenvalue weighted by atomic mass is 16.5. The number of rotatable bonds is 32. The zero-order valence-electron chi connectivity index (χ0n) is 57.1. The summed E-state index contributed by atoms with van der Waals surface area (Å²) in [7, 11) is 1.67. The Hall–Kier alpha value is -6.87. The number of nitrogens with zero attached hydrogens (tertiary/aromatic N) is 5. The second-order valence-electron chi connectivity index (χ2n) is 22.3. The van der Waals surface area contributed by atoms with Gasteiger partial charge >= 0.3 is 0 Å². The number of aryl methyl sites for hydroxylation is 10. The number of hydrogen-bond acceptors (Lipinski definition) is 13. The highest BCUT2D eigenvalue weighted by molar-refractivity contribution is 5.96. The number of likely N-dealkylation sites (N-methyl/N-ethyl adjacent to an activating group) is 5. The number of benzene rings is 5. The molecule has 0 unspecified atom stereocenters. The Labute approximate surface area is 556 Å². The van der Waals surface area contributed by atoms with E-state index in [1.165, 1.54) is 0 Å². The van der Waals surface area contributed by atoms with E-state index in [0.29, 0.717) is 72.2 Å². The van der Waals surface area contributed by atoms with Gasteiger partial charge in [0.25, 0.3) is 0 Å². The smallest absolute Gasteiger partial charge is 0.238 e. The van der Waals surface area contributed by atoms with Crippen molar-refractivity contribution in [1.82, 2.24) is 24.5 Å². The molecule has 6 N–H and O–H groups in total. The van der Waals surface area contributed by atoms with Crippen LogP contribution >= 0.6 is 0 Å². The summed E-state index contributed by atoms with van der Waals surface area (Å²) in [5.41, 5.74) is 15.3. The maximum absolute atomic E-state index is 12.5. The fourth-order valence-corrected chi connectivity index (χ4v) is 9.66. The monoisotopic (exact) mass is 1280 g/mol. The number of ether oxygens (including phenoxy) is 2. The topological polar surface area (TPSA) is 200 Å². The first-order chi connectivity index (χ1) is 42.5. The summed E-state index contributed by atoms with van der Waals surface area (Å²) >= 11 is 0. The number of anilines is 5. The van der Waals surface area contributed by atoms with E-state index in [9.17, 15) is 24.0 Å². The second-order valence-corrected chi connectivity index (χ2v) is 22.3. The molecule has 5 aromatic rings. The van der Waals surface area contributed by atoms with Crippen LogP contribution < -0.4 is 26.6 Å². The van der Waals surface area contributed by atoms with Gasteiger partial charge in [0.1, 0.15) is 0 Å². The third-order valence-electron chi connectivity index (χ3n) is 15.4. The fourth-order valence-electron chi connectivity index (χ4n) is 9.66. The van der Waals surface area contributed by atoms with E-state index >= 15 is 0 Å². The molecule has 18 heteroatoms. The Balaban J connectivity index is 0. The van der Waals surface area contributed by atoms with Gasteiger partial charge in [0.2, 0.25) is 29.5 Å². The normalized spacial score (nSPS) is 10.6. The van der Waals surface area contributed by atoms with E-state index in [1.807, 2.05) is 193 Å². The van der Waals surface area contributed by atoms with Crippen molar-refractivity contribution in [2.24, 2.45) is 0 Å². The van der Waals surface area contributed by atoms with E-state index in [1.54, 1.807) is 7.11 Å². The van der Waals surface area contributed by atoms with Crippen LogP contribution in [-0.4, -0.2) is 191 Å². The predicted molar refractivity (Wildman–Crippen MR) is 389 cm³/mol. The van der Waals surface area contributed by atoms with Gasteiger partial charge in [-0.05, 0) is 164 Å². The molecular weight excluding hydrogens is 1160 g/mol. The molecule has 5 amide bonds. The van der Waals surface area contributed by atoms with Crippen molar-refractivity contribution in [3.8, 4) is 0 Å². The van der Waals surface area contributed by atoms with Crippen LogP contribution in [0.25, 0.3) is 0 Å². The average molecular weight is 1280 g/mol. The van der Waals surface area contributed by atoms with Crippen LogP contribution in [0.5, 0.6) is 0 Å². The Kier molecular flexibility index (Phi) is 46.3. The molecule has 92 heavy (non-hydrogen) atoms. The Morgan fingerprint density at radius 3 is 0.696 bits per heavy atom. The third-order valence-corrected chi connectivity index (χ3v) is 15.4. The highest BCUT2D eigenvalue weighted by Gasteiger charge is 2.17. The molecule has 0 saturated carbocycles. The first-order valence-electron chi connectivity index (χ1n) is 31.6. The lowest BCUT2D eigenvalue weighted by Gasteiger charge is -2.22. The fraction of sp³-hybridized carbons (Fsp3) is 0.527. The SMILES string of the molecule is C.C.C.CCN(CC)CC(=O)Nc1c(C)cccc1C.CCN(CCO)CC(=O)Nc1c(C)cccc1C.CCN(CCOC)CC(=O)Nc1c(C)cccc1C.CCN(CCOCCN(CC)CC(=O)Nc1c(C)cccc1C)CC(=O)Nc1c(C)cccc1C. The number of amides is 5. The second kappa shape index (κ2) is 48.8. The number of carbonyl (C=O) groups excluding carboxylic acids is 5. The number of hydrogen-bond donors (Lipinski definition) is 6. The van der Waals surface area contributed by atoms with Crippen LogP contribution in [0.15, 0.2) is 91.0 Å². The van der Waals surface area contributed by atoms with Gasteiger partial charge in [-0.3, -0.25) is 48.5 Å². The molecule has 0 fully saturated rings. The van der Waals surface area contributed by atoms with Gasteiger partial charge in [-0.1, -0.05) is 155 Å². The third kappa shape index (κ3) is 33.1. The standard InChI is InChI=1S/C28H42N4O3.C15H24N2O2.C14H22N2O2.C14H22N2O.3CH4/c1-7-31(19-25(33)29-27-21(3)11-9-12-22(27)4)15-17-35-18-16-32(8-2)20-26(34)30-28-23(5)13-10-14-24(28)6;1-5-17(9-10-19-4)11-14(18)16-15-12(2)7-6-8-13(15)3;1-4-16(8-9-17)10-13(18)15-14-11(2)6-5-7-12(14)3;1-5-16(6-2)10-13(17)15-14-11(3)8-7-9-12(14)4;;;/h9-14H,7-8,15-20H2,1-6H3,(H,29,33)(H,30,34);6-8H,5,9-11H2,1-4H3,(H,16,18);5-7,17H,4,8-10H2,1-3H3,(H,15,18);7-9H,5-6,10H2,1-4H3,(H,15,17);3*1H4. The van der Waals surface area contributed by atoms with Gasteiger partial charge in [-0.2, -0.15) is 0 Å². The molecule has 0 saturated heterocycles. The van der Waals surface area contributed by atoms with Crippen molar-refractivity contribution in [2.75, 3.05) is 158 Å². The van der Waals surface area contributed by atoms with Crippen molar-refractivity contribution >= 4 is 58.0 Å². The molecule has 0 radical (unpaired) electrons. The molecule has 5 rings (SSSR count). The van der Waals surface area contributed by atoms with Crippen LogP contribution in [0.4, 0.5) is 28.4 Å². The minimum Gasteiger partial charge on any atom is -0.395 e. The van der Waals surface area contributed by atoms with E-state index < -0.39 is 0 Å². The summed E-state index contributed by atoms with van der Waals surface area (Å²) in [6.07, 6.45) is 0. The molecule has 0 heterocycles. The number of aliphatic hydroxyl groups is 1. The van der Waals surface area contributed by atoms with Crippen LogP contribution in [0.3, 0.4) is 0 Å². The first kappa shape index (κ1) is 87.2. The van der Waals surface area contributed by atoms with Crippen molar-refractivity contribution < 1.29 is 38.6 Å². The zero-order valence-corrected chi connectivity index (χ0v) is 57.1. The van der Waals surface area contributed by atoms with Crippen LogP contribution in [0.1, 0.15) is 119 Å². The Morgan fingerprint density at radius 2 is 0.511 bits per heavy atom. The Bertz CT molecular complexity index is 2750. The summed E-state index contributed by atoms with van der Waals surface area (Å²) < 4.78 is 10.9. The maximum Gasteiger partial charge on any atom is 0.238 e. The molecular formula is C74H122N10O8. The van der Waals surface area contributed by atoms with Crippen molar-refractivity contribution in [1.29, 1.82) is 0 Å². The number of aliphatic hydroxyl groups excluding tert-OH is 1. The maximum atomic E-state index is 12.5. The van der Waals surface area contributed by atoms with Crippen molar-refractivity contribution in [2.45, 2.75) is 133 Å².